The van der Waals surface area contributed by atoms with Gasteiger partial charge in [0.2, 0.25) is 5.91 Å². The molecule has 0 heterocycles. The molecular weight excluding hydrogens is 420 g/mol. The number of carboxylic acid groups (broad SMARTS) is 1. The Balaban J connectivity index is 1.68. The van der Waals surface area contributed by atoms with E-state index < -0.39 is 5.97 Å². The number of carbonyl (C=O) groups excluding carboxylic acids is 1. The van der Waals surface area contributed by atoms with E-state index in [-0.39, 0.29) is 24.8 Å². The zero-order chi connectivity index (χ0) is 23.8. The summed E-state index contributed by atoms with van der Waals surface area (Å²) in [7, 11) is 3.37. The predicted octanol–water partition coefficient (Wildman–Crippen LogP) is 4.24. The van der Waals surface area contributed by atoms with Crippen molar-refractivity contribution in [3.05, 3.63) is 77.8 Å². The second kappa shape index (κ2) is 11.1. The number of allylic oxidation sites excluding steroid dienone is 4. The van der Waals surface area contributed by atoms with Crippen LogP contribution in [0, 0.1) is 5.92 Å². The Morgan fingerprint density at radius 1 is 1.21 bits per heavy atom. The van der Waals surface area contributed by atoms with Crippen LogP contribution in [0.2, 0.25) is 0 Å². The largest absolute Gasteiger partial charge is 0.497 e. The molecule has 2 aromatic rings. The number of carboxylic acids is 1. The molecule has 0 spiro atoms. The highest BCUT2D eigenvalue weighted by Crippen LogP contribution is 2.25. The molecule has 0 radical (unpaired) electrons. The molecule has 0 saturated heterocycles. The summed E-state index contributed by atoms with van der Waals surface area (Å²) in [6.45, 7) is 2.00. The summed E-state index contributed by atoms with van der Waals surface area (Å²) in [5, 5.41) is 13.5. The van der Waals surface area contributed by atoms with Gasteiger partial charge >= 0.3 is 5.97 Å². The lowest BCUT2D eigenvalue weighted by Gasteiger charge is -2.18. The number of hydrogen-bond acceptors (Lipinski definition) is 5. The third-order valence-electron chi connectivity index (χ3n) is 5.31. The van der Waals surface area contributed by atoms with E-state index in [9.17, 15) is 9.59 Å². The second-order valence-corrected chi connectivity index (χ2v) is 7.50. The lowest BCUT2D eigenvalue weighted by molar-refractivity contribution is -0.137. The third-order valence-corrected chi connectivity index (χ3v) is 5.31. The molecule has 172 valence electrons. The van der Waals surface area contributed by atoms with Crippen molar-refractivity contribution in [2.75, 3.05) is 20.7 Å². The highest BCUT2D eigenvalue weighted by Gasteiger charge is 2.19. The van der Waals surface area contributed by atoms with E-state index in [2.05, 4.69) is 16.4 Å². The average Bonchev–Trinajstić information content (AvgIpc) is 2.83. The van der Waals surface area contributed by atoms with E-state index in [1.165, 1.54) is 0 Å². The van der Waals surface area contributed by atoms with Crippen molar-refractivity contribution in [2.24, 2.45) is 10.9 Å². The number of nitrogens with zero attached hydrogens (tertiary/aromatic N) is 1. The summed E-state index contributed by atoms with van der Waals surface area (Å²) in [6, 6.07) is 12.0. The van der Waals surface area contributed by atoms with Crippen LogP contribution in [0.15, 0.2) is 77.2 Å². The van der Waals surface area contributed by atoms with Crippen LogP contribution in [-0.4, -0.2) is 43.4 Å². The van der Waals surface area contributed by atoms with Crippen LogP contribution in [0.1, 0.15) is 25.3 Å². The lowest BCUT2D eigenvalue weighted by Crippen LogP contribution is -2.31. The van der Waals surface area contributed by atoms with Gasteiger partial charge in [-0.05, 0) is 60.5 Å². The summed E-state index contributed by atoms with van der Waals surface area (Å²) in [4.78, 5) is 27.2. The van der Waals surface area contributed by atoms with E-state index in [1.54, 1.807) is 26.3 Å². The van der Waals surface area contributed by atoms with Crippen molar-refractivity contribution >= 4 is 28.4 Å². The first kappa shape index (κ1) is 23.8. The van der Waals surface area contributed by atoms with Crippen LogP contribution >= 0.6 is 0 Å². The number of benzene rings is 2. The third kappa shape index (κ3) is 6.10. The fraction of sp³-hybridized carbons (Fsp3) is 0.269. The standard InChI is InChI=1S/C26H28N2O5/c1-4-23(33-21-10-7-17(8-11-21)26(31)28-14-13-24(29)30)25(27-2)20-6-5-19-16-22(32-3)12-9-18(19)15-20/h4-7,9-12,15-17H,8,13-14H2,1-3H3,(H,28,31)(H,29,30)/b23-4+,27-25?. The Kier molecular flexibility index (Phi) is 8.02. The van der Waals surface area contributed by atoms with Gasteiger partial charge in [0.25, 0.3) is 0 Å². The number of ether oxygens (including phenoxy) is 2. The Morgan fingerprint density at radius 3 is 2.61 bits per heavy atom. The summed E-state index contributed by atoms with van der Waals surface area (Å²) in [5.41, 5.74) is 1.65. The van der Waals surface area contributed by atoms with Crippen molar-refractivity contribution in [2.45, 2.75) is 19.8 Å². The van der Waals surface area contributed by atoms with Gasteiger partial charge in [-0.25, -0.2) is 0 Å². The Labute approximate surface area is 193 Å². The van der Waals surface area contributed by atoms with Crippen LogP contribution in [0.25, 0.3) is 10.8 Å². The summed E-state index contributed by atoms with van der Waals surface area (Å²) in [5.74, 6) is 0.565. The second-order valence-electron chi connectivity index (χ2n) is 7.50. The minimum atomic E-state index is -0.941. The van der Waals surface area contributed by atoms with Gasteiger partial charge in [-0.3, -0.25) is 14.6 Å². The van der Waals surface area contributed by atoms with Gasteiger partial charge in [0.15, 0.2) is 0 Å². The first-order chi connectivity index (χ1) is 15.9. The molecule has 1 amide bonds. The first-order valence-electron chi connectivity index (χ1n) is 10.7. The number of amides is 1. The monoisotopic (exact) mass is 448 g/mol. The number of methoxy groups -OCH3 is 1. The van der Waals surface area contributed by atoms with Crippen molar-refractivity contribution in [1.82, 2.24) is 5.32 Å². The molecule has 1 atom stereocenters. The van der Waals surface area contributed by atoms with E-state index in [0.29, 0.717) is 17.9 Å². The maximum Gasteiger partial charge on any atom is 0.305 e. The number of aliphatic imine (C=N–C) groups is 1. The van der Waals surface area contributed by atoms with Gasteiger partial charge in [0.1, 0.15) is 23.0 Å². The van der Waals surface area contributed by atoms with E-state index >= 15 is 0 Å². The average molecular weight is 449 g/mol. The van der Waals surface area contributed by atoms with Crippen LogP contribution in [0.4, 0.5) is 0 Å². The number of fused-ring (bicyclic) bond motifs is 1. The van der Waals surface area contributed by atoms with E-state index in [0.717, 1.165) is 27.8 Å². The molecular formula is C26H28N2O5. The number of nitrogens with one attached hydrogen (secondary N) is 1. The van der Waals surface area contributed by atoms with Gasteiger partial charge in [-0.2, -0.15) is 0 Å². The minimum absolute atomic E-state index is 0.0987. The highest BCUT2D eigenvalue weighted by molar-refractivity contribution is 6.13. The molecule has 3 rings (SSSR count). The number of rotatable bonds is 9. The first-order valence-corrected chi connectivity index (χ1v) is 10.7. The molecule has 2 aromatic carbocycles. The quantitative estimate of drug-likeness (QED) is 0.442. The summed E-state index contributed by atoms with van der Waals surface area (Å²) < 4.78 is 11.4. The lowest BCUT2D eigenvalue weighted by atomic mass is 9.99. The zero-order valence-electron chi connectivity index (χ0n) is 19.0. The molecule has 1 unspecified atom stereocenters. The summed E-state index contributed by atoms with van der Waals surface area (Å²) >= 11 is 0. The molecule has 0 aromatic heterocycles. The van der Waals surface area contributed by atoms with Crippen molar-refractivity contribution in [1.29, 1.82) is 0 Å². The van der Waals surface area contributed by atoms with E-state index in [1.807, 2.05) is 49.4 Å². The number of carbonyl (C=O) groups is 2. The van der Waals surface area contributed by atoms with Crippen molar-refractivity contribution in [3.63, 3.8) is 0 Å². The van der Waals surface area contributed by atoms with Gasteiger partial charge in [-0.15, -0.1) is 0 Å². The van der Waals surface area contributed by atoms with Gasteiger partial charge in [0, 0.05) is 19.2 Å². The molecule has 7 nitrogen and oxygen atoms in total. The molecule has 0 aliphatic heterocycles. The van der Waals surface area contributed by atoms with Gasteiger partial charge < -0.3 is 19.9 Å². The Hall–Kier alpha value is -3.87. The van der Waals surface area contributed by atoms with Crippen molar-refractivity contribution < 1.29 is 24.2 Å². The summed E-state index contributed by atoms with van der Waals surface area (Å²) in [6.07, 6.45) is 7.61. The zero-order valence-corrected chi connectivity index (χ0v) is 19.0. The number of hydrogen-bond donors (Lipinski definition) is 2. The van der Waals surface area contributed by atoms with Crippen LogP contribution in [-0.2, 0) is 14.3 Å². The van der Waals surface area contributed by atoms with Crippen LogP contribution < -0.4 is 10.1 Å². The van der Waals surface area contributed by atoms with Gasteiger partial charge in [0.05, 0.1) is 19.4 Å². The smallest absolute Gasteiger partial charge is 0.305 e. The van der Waals surface area contributed by atoms with Crippen molar-refractivity contribution in [3.8, 4) is 5.75 Å². The van der Waals surface area contributed by atoms with Crippen LogP contribution in [0.5, 0.6) is 5.75 Å². The van der Waals surface area contributed by atoms with Crippen LogP contribution in [0.3, 0.4) is 0 Å². The molecule has 0 saturated carbocycles. The Bertz CT molecular complexity index is 1160. The maximum atomic E-state index is 12.2. The van der Waals surface area contributed by atoms with Gasteiger partial charge in [-0.1, -0.05) is 24.3 Å². The Morgan fingerprint density at radius 2 is 1.97 bits per heavy atom. The molecule has 0 bridgehead atoms. The molecule has 1 aliphatic rings. The number of aliphatic carboxylic acids is 1. The molecule has 7 heteroatoms. The normalized spacial score (nSPS) is 16.3. The fourth-order valence-electron chi connectivity index (χ4n) is 3.55. The maximum absolute atomic E-state index is 12.2. The minimum Gasteiger partial charge on any atom is -0.497 e. The SMILES string of the molecule is C/C=C(/OC1=CCC(C(=O)NCCC(=O)O)C=C1)C(=NC)c1ccc2cc(OC)ccc2c1. The molecule has 1 aliphatic carbocycles. The fourth-order valence-corrected chi connectivity index (χ4v) is 3.55. The molecule has 2 N–H and O–H groups in total. The topological polar surface area (TPSA) is 97.2 Å². The molecule has 33 heavy (non-hydrogen) atoms. The van der Waals surface area contributed by atoms with E-state index in [4.69, 9.17) is 14.6 Å². The predicted molar refractivity (Wildman–Crippen MR) is 128 cm³/mol. The molecule has 0 fully saturated rings. The highest BCUT2D eigenvalue weighted by atomic mass is 16.5.